The maximum absolute atomic E-state index is 12.2. The van der Waals surface area contributed by atoms with Crippen molar-refractivity contribution in [2.45, 2.75) is 18.9 Å². The van der Waals surface area contributed by atoms with E-state index in [0.717, 1.165) is 17.3 Å². The third-order valence-electron chi connectivity index (χ3n) is 3.51. The number of benzene rings is 1. The number of hydrogen-bond donors (Lipinski definition) is 1. The van der Waals surface area contributed by atoms with Gasteiger partial charge in [-0.1, -0.05) is 12.1 Å². The number of ether oxygens (including phenoxy) is 1. The molecule has 0 saturated heterocycles. The Morgan fingerprint density at radius 1 is 1.50 bits per heavy atom. The molecule has 1 atom stereocenters. The normalized spacial score (nSPS) is 16.9. The van der Waals surface area contributed by atoms with E-state index in [4.69, 9.17) is 4.74 Å². The van der Waals surface area contributed by atoms with Crippen molar-refractivity contribution in [2.24, 2.45) is 7.05 Å². The third-order valence-corrected chi connectivity index (χ3v) is 3.51. The topological polar surface area (TPSA) is 56.2 Å². The first kappa shape index (κ1) is 12.7. The Morgan fingerprint density at radius 3 is 3.15 bits per heavy atom. The fraction of sp³-hybridized carbons (Fsp3) is 0.333. The second-order valence-corrected chi connectivity index (χ2v) is 4.90. The number of Topliss-reactive ketones (excluding diaryl/α,β-unsaturated/α-hetero) is 1. The van der Waals surface area contributed by atoms with Crippen LogP contribution >= 0.6 is 0 Å². The van der Waals surface area contributed by atoms with Crippen LogP contribution in [-0.2, 0) is 18.3 Å². The summed E-state index contributed by atoms with van der Waals surface area (Å²) in [5, 5.41) is 3.23. The fourth-order valence-electron chi connectivity index (χ4n) is 2.33. The monoisotopic (exact) mass is 271 g/mol. The Kier molecular flexibility index (Phi) is 3.41. The molecule has 1 aromatic heterocycles. The van der Waals surface area contributed by atoms with Gasteiger partial charge in [-0.15, -0.1) is 0 Å². The van der Waals surface area contributed by atoms with E-state index in [2.05, 4.69) is 10.3 Å². The van der Waals surface area contributed by atoms with Crippen molar-refractivity contribution < 1.29 is 9.53 Å². The van der Waals surface area contributed by atoms with Crippen molar-refractivity contribution in [3.8, 4) is 5.75 Å². The Morgan fingerprint density at radius 2 is 2.35 bits per heavy atom. The minimum atomic E-state index is -0.412. The van der Waals surface area contributed by atoms with Gasteiger partial charge in [0.1, 0.15) is 11.6 Å². The lowest BCUT2D eigenvalue weighted by atomic mass is 10.1. The lowest BCUT2D eigenvalue weighted by Gasteiger charge is -2.26. The van der Waals surface area contributed by atoms with Gasteiger partial charge >= 0.3 is 0 Å². The molecular formula is C15H17N3O2. The zero-order valence-corrected chi connectivity index (χ0v) is 11.4. The first-order valence-corrected chi connectivity index (χ1v) is 6.72. The van der Waals surface area contributed by atoms with Gasteiger partial charge in [0.15, 0.2) is 11.9 Å². The second-order valence-electron chi connectivity index (χ2n) is 4.90. The smallest absolute Gasteiger partial charge is 0.175 e. The van der Waals surface area contributed by atoms with E-state index in [1.807, 2.05) is 42.1 Å². The molecule has 0 fully saturated rings. The lowest BCUT2D eigenvalue weighted by Crippen LogP contribution is -2.37. The van der Waals surface area contributed by atoms with E-state index >= 15 is 0 Å². The van der Waals surface area contributed by atoms with Crippen LogP contribution in [0.4, 0.5) is 5.69 Å². The molecule has 1 N–H and O–H groups in total. The predicted octanol–water partition coefficient (Wildman–Crippen LogP) is 1.79. The third kappa shape index (κ3) is 2.52. The molecule has 0 aliphatic carbocycles. The number of hydrogen-bond acceptors (Lipinski definition) is 4. The highest BCUT2D eigenvalue weighted by Gasteiger charge is 2.25. The summed E-state index contributed by atoms with van der Waals surface area (Å²) in [6, 6.07) is 7.67. The molecule has 20 heavy (non-hydrogen) atoms. The summed E-state index contributed by atoms with van der Waals surface area (Å²) in [7, 11) is 1.93. The van der Waals surface area contributed by atoms with Crippen molar-refractivity contribution in [1.82, 2.24) is 9.55 Å². The standard InChI is InChI=1S/C15H17N3O2/c1-18-9-8-16-15(18)7-6-12(19)14-10-17-11-4-2-3-5-13(11)20-14/h2-5,8-9,14,17H,6-7,10H2,1H3. The van der Waals surface area contributed by atoms with Gasteiger partial charge in [-0.25, -0.2) is 4.98 Å². The summed E-state index contributed by atoms with van der Waals surface area (Å²) in [6.07, 6.45) is 4.30. The number of aryl methyl sites for hydroxylation is 2. The first-order valence-electron chi connectivity index (χ1n) is 6.72. The molecule has 0 bridgehead atoms. The van der Waals surface area contributed by atoms with Gasteiger partial charge in [0, 0.05) is 32.3 Å². The zero-order valence-electron chi connectivity index (χ0n) is 11.4. The molecular weight excluding hydrogens is 254 g/mol. The highest BCUT2D eigenvalue weighted by Crippen LogP contribution is 2.28. The van der Waals surface area contributed by atoms with E-state index in [1.165, 1.54) is 0 Å². The van der Waals surface area contributed by atoms with Crippen LogP contribution in [0.25, 0.3) is 0 Å². The summed E-state index contributed by atoms with van der Waals surface area (Å²) in [4.78, 5) is 16.4. The van der Waals surface area contributed by atoms with Crippen LogP contribution in [0.15, 0.2) is 36.7 Å². The van der Waals surface area contributed by atoms with Crippen LogP contribution < -0.4 is 10.1 Å². The minimum absolute atomic E-state index is 0.106. The molecule has 2 aromatic rings. The number of fused-ring (bicyclic) bond motifs is 1. The Bertz CT molecular complexity index is 621. The van der Waals surface area contributed by atoms with Crippen LogP contribution in [0.3, 0.4) is 0 Å². The van der Waals surface area contributed by atoms with Crippen LogP contribution in [0.2, 0.25) is 0 Å². The molecule has 2 heterocycles. The second kappa shape index (κ2) is 5.36. The summed E-state index contributed by atoms with van der Waals surface area (Å²) < 4.78 is 7.69. The van der Waals surface area contributed by atoms with Gasteiger partial charge in [0.05, 0.1) is 12.2 Å². The highest BCUT2D eigenvalue weighted by atomic mass is 16.5. The number of aromatic nitrogens is 2. The van der Waals surface area contributed by atoms with Crippen molar-refractivity contribution >= 4 is 11.5 Å². The fourth-order valence-corrected chi connectivity index (χ4v) is 2.33. The van der Waals surface area contributed by atoms with Crippen LogP contribution in [0.1, 0.15) is 12.2 Å². The zero-order chi connectivity index (χ0) is 13.9. The van der Waals surface area contributed by atoms with Gasteiger partial charge in [-0.3, -0.25) is 4.79 Å². The number of carbonyl (C=O) groups is 1. The summed E-state index contributed by atoms with van der Waals surface area (Å²) in [5.41, 5.74) is 0.945. The quantitative estimate of drug-likeness (QED) is 0.921. The van der Waals surface area contributed by atoms with E-state index in [0.29, 0.717) is 19.4 Å². The Balaban J connectivity index is 1.60. The van der Waals surface area contributed by atoms with Crippen LogP contribution in [0.5, 0.6) is 5.75 Å². The molecule has 1 aliphatic heterocycles. The molecule has 1 aliphatic rings. The molecule has 5 nitrogen and oxygen atoms in total. The molecule has 0 radical (unpaired) electrons. The van der Waals surface area contributed by atoms with Gasteiger partial charge < -0.3 is 14.6 Å². The van der Waals surface area contributed by atoms with Crippen LogP contribution in [-0.4, -0.2) is 28.0 Å². The number of ketones is 1. The highest BCUT2D eigenvalue weighted by molar-refractivity contribution is 5.85. The summed E-state index contributed by atoms with van der Waals surface area (Å²) in [6.45, 7) is 0.524. The minimum Gasteiger partial charge on any atom is -0.479 e. The number of nitrogens with zero attached hydrogens (tertiary/aromatic N) is 2. The predicted molar refractivity (Wildman–Crippen MR) is 75.9 cm³/mol. The average molecular weight is 271 g/mol. The van der Waals surface area contributed by atoms with Crippen molar-refractivity contribution in [3.05, 3.63) is 42.5 Å². The van der Waals surface area contributed by atoms with Gasteiger partial charge in [-0.05, 0) is 12.1 Å². The van der Waals surface area contributed by atoms with Gasteiger partial charge in [0.2, 0.25) is 0 Å². The van der Waals surface area contributed by atoms with Gasteiger partial charge in [-0.2, -0.15) is 0 Å². The number of para-hydroxylation sites is 2. The first-order chi connectivity index (χ1) is 9.74. The number of rotatable bonds is 4. The summed E-state index contributed by atoms with van der Waals surface area (Å²) >= 11 is 0. The molecule has 0 saturated carbocycles. The van der Waals surface area contributed by atoms with Crippen molar-refractivity contribution in [2.75, 3.05) is 11.9 Å². The molecule has 0 spiro atoms. The van der Waals surface area contributed by atoms with E-state index in [-0.39, 0.29) is 5.78 Å². The molecule has 3 rings (SSSR count). The maximum atomic E-state index is 12.2. The SMILES string of the molecule is Cn1ccnc1CCC(=O)C1CNc2ccccc2O1. The van der Waals surface area contributed by atoms with Gasteiger partial charge in [0.25, 0.3) is 0 Å². The summed E-state index contributed by atoms with van der Waals surface area (Å²) in [5.74, 6) is 1.77. The van der Waals surface area contributed by atoms with E-state index in [9.17, 15) is 4.79 Å². The Hall–Kier alpha value is -2.30. The van der Waals surface area contributed by atoms with E-state index < -0.39 is 6.10 Å². The largest absolute Gasteiger partial charge is 0.479 e. The van der Waals surface area contributed by atoms with Crippen molar-refractivity contribution in [1.29, 1.82) is 0 Å². The molecule has 104 valence electrons. The lowest BCUT2D eigenvalue weighted by molar-refractivity contribution is -0.125. The molecule has 1 aromatic carbocycles. The maximum Gasteiger partial charge on any atom is 0.175 e. The van der Waals surface area contributed by atoms with Crippen molar-refractivity contribution in [3.63, 3.8) is 0 Å². The number of carbonyl (C=O) groups excluding carboxylic acids is 1. The van der Waals surface area contributed by atoms with Crippen LogP contribution in [0, 0.1) is 0 Å². The molecule has 5 heteroatoms. The van der Waals surface area contributed by atoms with E-state index in [1.54, 1.807) is 6.20 Å². The molecule has 0 amide bonds. The number of nitrogens with one attached hydrogen (secondary N) is 1. The average Bonchev–Trinajstić information content (AvgIpc) is 2.89. The number of anilines is 1. The molecule has 1 unspecified atom stereocenters. The number of imidazole rings is 1. The Labute approximate surface area is 117 Å².